The van der Waals surface area contributed by atoms with E-state index in [1.807, 2.05) is 6.07 Å². The first-order valence-electron chi connectivity index (χ1n) is 6.78. The largest absolute Gasteiger partial charge is 0.310 e. The molecule has 2 atom stereocenters. The molecule has 3 heteroatoms. The van der Waals surface area contributed by atoms with Crippen LogP contribution in [0.15, 0.2) is 22.7 Å². The first-order chi connectivity index (χ1) is 8.60. The molecule has 0 aliphatic rings. The molecule has 1 rings (SSSR count). The van der Waals surface area contributed by atoms with Gasteiger partial charge in [0.1, 0.15) is 5.82 Å². The van der Waals surface area contributed by atoms with E-state index in [0.717, 1.165) is 31.4 Å². The number of benzene rings is 1. The lowest BCUT2D eigenvalue weighted by atomic mass is 9.91. The molecule has 0 radical (unpaired) electrons. The molecule has 0 fully saturated rings. The fraction of sp³-hybridized carbons (Fsp3) is 0.600. The van der Waals surface area contributed by atoms with E-state index in [2.05, 4.69) is 42.0 Å². The number of hydrogen-bond acceptors (Lipinski definition) is 1. The molecule has 102 valence electrons. The molecular formula is C15H23BrFN. The summed E-state index contributed by atoms with van der Waals surface area (Å²) in [5, 5.41) is 3.53. The van der Waals surface area contributed by atoms with Gasteiger partial charge in [-0.3, -0.25) is 0 Å². The second-order valence-electron chi connectivity index (χ2n) is 4.87. The van der Waals surface area contributed by atoms with Crippen LogP contribution >= 0.6 is 15.9 Å². The number of halogens is 2. The minimum atomic E-state index is -0.181. The van der Waals surface area contributed by atoms with Crippen molar-refractivity contribution in [2.45, 2.75) is 46.1 Å². The summed E-state index contributed by atoms with van der Waals surface area (Å²) >= 11 is 3.20. The molecule has 2 unspecified atom stereocenters. The molecule has 1 N–H and O–H groups in total. The van der Waals surface area contributed by atoms with Gasteiger partial charge in [0.15, 0.2) is 0 Å². The van der Waals surface area contributed by atoms with E-state index in [1.54, 1.807) is 12.1 Å². The van der Waals surface area contributed by atoms with Gasteiger partial charge in [-0.25, -0.2) is 4.39 Å². The van der Waals surface area contributed by atoms with Gasteiger partial charge < -0.3 is 5.32 Å². The van der Waals surface area contributed by atoms with E-state index in [9.17, 15) is 4.39 Å². The highest BCUT2D eigenvalue weighted by atomic mass is 79.9. The second-order valence-corrected chi connectivity index (χ2v) is 5.73. The van der Waals surface area contributed by atoms with Gasteiger partial charge in [0.05, 0.1) is 4.47 Å². The summed E-state index contributed by atoms with van der Waals surface area (Å²) < 4.78 is 14.2. The molecule has 1 nitrogen and oxygen atoms in total. The van der Waals surface area contributed by atoms with E-state index in [1.165, 1.54) is 0 Å². The summed E-state index contributed by atoms with van der Waals surface area (Å²) in [7, 11) is 0. The first-order valence-corrected chi connectivity index (χ1v) is 7.57. The third kappa shape index (κ3) is 4.36. The lowest BCUT2D eigenvalue weighted by molar-refractivity contribution is 0.362. The van der Waals surface area contributed by atoms with Gasteiger partial charge in [-0.2, -0.15) is 0 Å². The molecule has 0 saturated heterocycles. The van der Waals surface area contributed by atoms with Crippen LogP contribution in [0, 0.1) is 11.7 Å². The predicted molar refractivity (Wildman–Crippen MR) is 79.2 cm³/mol. The van der Waals surface area contributed by atoms with Gasteiger partial charge in [-0.15, -0.1) is 0 Å². The van der Waals surface area contributed by atoms with Crippen molar-refractivity contribution in [2.24, 2.45) is 5.92 Å². The minimum Gasteiger partial charge on any atom is -0.310 e. The number of rotatable bonds is 7. The van der Waals surface area contributed by atoms with Crippen molar-refractivity contribution in [3.05, 3.63) is 34.1 Å². The van der Waals surface area contributed by atoms with Crippen molar-refractivity contribution < 1.29 is 4.39 Å². The SMILES string of the molecule is CCCNC(c1ccc(Br)c(F)c1)C(C)CCC. The molecular weight excluding hydrogens is 293 g/mol. The lowest BCUT2D eigenvalue weighted by Crippen LogP contribution is -2.27. The molecule has 0 amide bonds. The molecule has 1 aromatic carbocycles. The predicted octanol–water partition coefficient (Wildman–Crippen LogP) is 5.07. The van der Waals surface area contributed by atoms with Crippen LogP contribution in [-0.2, 0) is 0 Å². The highest BCUT2D eigenvalue weighted by molar-refractivity contribution is 9.10. The standard InChI is InChI=1S/C15H23BrFN/c1-4-6-11(3)15(18-9-5-2)12-7-8-13(16)14(17)10-12/h7-8,10-11,15,18H,4-6,9H2,1-3H3. The Labute approximate surface area is 118 Å². The quantitative estimate of drug-likeness (QED) is 0.741. The summed E-state index contributed by atoms with van der Waals surface area (Å²) in [6.07, 6.45) is 3.40. The molecule has 0 aliphatic carbocycles. The van der Waals surface area contributed by atoms with Crippen LogP contribution in [0.4, 0.5) is 4.39 Å². The molecule has 0 bridgehead atoms. The van der Waals surface area contributed by atoms with Gasteiger partial charge in [0.25, 0.3) is 0 Å². The van der Waals surface area contributed by atoms with E-state index >= 15 is 0 Å². The minimum absolute atomic E-state index is 0.181. The van der Waals surface area contributed by atoms with Crippen molar-refractivity contribution >= 4 is 15.9 Å². The molecule has 1 aromatic rings. The van der Waals surface area contributed by atoms with Crippen LogP contribution in [0.2, 0.25) is 0 Å². The first kappa shape index (κ1) is 15.6. The number of nitrogens with one attached hydrogen (secondary N) is 1. The summed E-state index contributed by atoms with van der Waals surface area (Å²) in [6.45, 7) is 7.54. The molecule has 0 saturated carbocycles. The lowest BCUT2D eigenvalue weighted by Gasteiger charge is -2.25. The third-order valence-electron chi connectivity index (χ3n) is 3.23. The van der Waals surface area contributed by atoms with E-state index in [0.29, 0.717) is 10.4 Å². The van der Waals surface area contributed by atoms with E-state index in [4.69, 9.17) is 0 Å². The zero-order chi connectivity index (χ0) is 13.5. The van der Waals surface area contributed by atoms with Gasteiger partial charge in [-0.1, -0.05) is 33.3 Å². The summed E-state index contributed by atoms with van der Waals surface area (Å²) in [5.74, 6) is 0.335. The molecule has 0 aromatic heterocycles. The van der Waals surface area contributed by atoms with Crippen LogP contribution in [0.1, 0.15) is 51.6 Å². The Morgan fingerprint density at radius 1 is 1.28 bits per heavy atom. The average Bonchev–Trinajstić information content (AvgIpc) is 2.34. The van der Waals surface area contributed by atoms with Gasteiger partial charge in [0.2, 0.25) is 0 Å². The van der Waals surface area contributed by atoms with Crippen molar-refractivity contribution in [1.82, 2.24) is 5.32 Å². The Kier molecular flexibility index (Phi) is 6.87. The fourth-order valence-electron chi connectivity index (χ4n) is 2.28. The van der Waals surface area contributed by atoms with Crippen molar-refractivity contribution in [3.8, 4) is 0 Å². The second kappa shape index (κ2) is 7.90. The smallest absolute Gasteiger partial charge is 0.137 e. The molecule has 18 heavy (non-hydrogen) atoms. The Morgan fingerprint density at radius 3 is 2.56 bits per heavy atom. The van der Waals surface area contributed by atoms with Crippen LogP contribution in [0.5, 0.6) is 0 Å². The molecule has 0 spiro atoms. The highest BCUT2D eigenvalue weighted by Crippen LogP contribution is 2.28. The van der Waals surface area contributed by atoms with Crippen LogP contribution < -0.4 is 5.32 Å². The maximum Gasteiger partial charge on any atom is 0.137 e. The maximum absolute atomic E-state index is 13.6. The van der Waals surface area contributed by atoms with Crippen molar-refractivity contribution in [1.29, 1.82) is 0 Å². The molecule has 0 heterocycles. The Hall–Kier alpha value is -0.410. The van der Waals surface area contributed by atoms with E-state index < -0.39 is 0 Å². The van der Waals surface area contributed by atoms with Crippen LogP contribution in [-0.4, -0.2) is 6.54 Å². The summed E-state index contributed by atoms with van der Waals surface area (Å²) in [6, 6.07) is 5.69. The fourth-order valence-corrected chi connectivity index (χ4v) is 2.52. The van der Waals surface area contributed by atoms with Gasteiger partial charge >= 0.3 is 0 Å². The normalized spacial score (nSPS) is 14.5. The summed E-state index contributed by atoms with van der Waals surface area (Å²) in [4.78, 5) is 0. The summed E-state index contributed by atoms with van der Waals surface area (Å²) in [5.41, 5.74) is 1.05. The Bertz CT molecular complexity index is 368. The zero-order valence-corrected chi connectivity index (χ0v) is 13.1. The van der Waals surface area contributed by atoms with Gasteiger partial charge in [-0.05, 0) is 58.9 Å². The van der Waals surface area contributed by atoms with Gasteiger partial charge in [0, 0.05) is 6.04 Å². The highest BCUT2D eigenvalue weighted by Gasteiger charge is 2.18. The monoisotopic (exact) mass is 315 g/mol. The maximum atomic E-state index is 13.6. The van der Waals surface area contributed by atoms with Crippen LogP contribution in [0.25, 0.3) is 0 Å². The van der Waals surface area contributed by atoms with Crippen molar-refractivity contribution in [3.63, 3.8) is 0 Å². The average molecular weight is 316 g/mol. The topological polar surface area (TPSA) is 12.0 Å². The van der Waals surface area contributed by atoms with E-state index in [-0.39, 0.29) is 11.9 Å². The van der Waals surface area contributed by atoms with Crippen molar-refractivity contribution in [2.75, 3.05) is 6.54 Å². The third-order valence-corrected chi connectivity index (χ3v) is 3.87. The zero-order valence-electron chi connectivity index (χ0n) is 11.5. The Morgan fingerprint density at radius 2 is 2.00 bits per heavy atom. The van der Waals surface area contributed by atoms with Crippen LogP contribution in [0.3, 0.4) is 0 Å². The molecule has 0 aliphatic heterocycles. The Balaban J connectivity index is 2.89. The number of hydrogen-bond donors (Lipinski definition) is 1.